The Morgan fingerprint density at radius 2 is 1.62 bits per heavy atom. The molecular formula is C21H28N2O3. The Hall–Kier alpha value is -2.66. The molecule has 1 aliphatic rings. The Morgan fingerprint density at radius 3 is 2.38 bits per heavy atom. The zero-order valence-corrected chi connectivity index (χ0v) is 16.2. The molecule has 4 rings (SSSR count). The monoisotopic (exact) mass is 356 g/mol. The maximum absolute atomic E-state index is 7.00. The number of aromatic nitrogens is 2. The molecule has 0 saturated heterocycles. The molecule has 0 saturated carbocycles. The van der Waals surface area contributed by atoms with Crippen molar-refractivity contribution in [2.45, 2.75) is 34.1 Å². The Morgan fingerprint density at radius 1 is 0.885 bits per heavy atom. The van der Waals surface area contributed by atoms with E-state index in [9.17, 15) is 0 Å². The molecule has 0 spiro atoms. The van der Waals surface area contributed by atoms with Gasteiger partial charge in [-0.2, -0.15) is 0 Å². The number of rotatable bonds is 2. The summed E-state index contributed by atoms with van der Waals surface area (Å²) in [5.41, 5.74) is 3.05. The van der Waals surface area contributed by atoms with E-state index in [0.29, 0.717) is 6.42 Å². The minimum atomic E-state index is 0.289. The van der Waals surface area contributed by atoms with Crippen molar-refractivity contribution >= 4 is 10.9 Å². The molecule has 26 heavy (non-hydrogen) atoms. The summed E-state index contributed by atoms with van der Waals surface area (Å²) < 4.78 is 11.0. The first kappa shape index (κ1) is 21.4. The van der Waals surface area contributed by atoms with E-state index in [1.54, 1.807) is 6.33 Å². The molecule has 0 atom stereocenters. The van der Waals surface area contributed by atoms with Crippen LogP contribution >= 0.6 is 0 Å². The number of hydrogen-bond donors (Lipinski definition) is 1. The number of aliphatic hydroxyl groups excluding tert-OH is 1. The van der Waals surface area contributed by atoms with Crippen LogP contribution in [-0.2, 0) is 6.42 Å². The number of ether oxygens (including phenoxy) is 2. The molecular weight excluding hydrogens is 328 g/mol. The second-order valence-corrected chi connectivity index (χ2v) is 4.67. The molecule has 2 aromatic carbocycles. The summed E-state index contributed by atoms with van der Waals surface area (Å²) in [5.74, 6) is 1.64. The van der Waals surface area contributed by atoms with Crippen LogP contribution in [0.3, 0.4) is 0 Å². The molecule has 140 valence electrons. The maximum atomic E-state index is 7.00. The normalized spacial score (nSPS) is 10.5. The lowest BCUT2D eigenvalue weighted by atomic mass is 10.0. The van der Waals surface area contributed by atoms with Crippen LogP contribution in [0.25, 0.3) is 10.9 Å². The third kappa shape index (κ3) is 4.92. The van der Waals surface area contributed by atoms with E-state index >= 15 is 0 Å². The van der Waals surface area contributed by atoms with Crippen molar-refractivity contribution in [1.82, 2.24) is 9.97 Å². The van der Waals surface area contributed by atoms with Gasteiger partial charge in [0, 0.05) is 24.5 Å². The van der Waals surface area contributed by atoms with Gasteiger partial charge in [-0.15, -0.1) is 0 Å². The van der Waals surface area contributed by atoms with E-state index in [1.165, 1.54) is 0 Å². The number of fused-ring (bicyclic) bond motifs is 2. The summed E-state index contributed by atoms with van der Waals surface area (Å²) >= 11 is 0. The number of nitrogens with zero attached hydrogens (tertiary/aromatic N) is 2. The van der Waals surface area contributed by atoms with Crippen LogP contribution in [0.1, 0.15) is 39.0 Å². The summed E-state index contributed by atoms with van der Waals surface area (Å²) in [7, 11) is 1.00. The largest absolute Gasteiger partial charge is 0.454 e. The van der Waals surface area contributed by atoms with Crippen LogP contribution in [0, 0.1) is 0 Å². The van der Waals surface area contributed by atoms with Crippen molar-refractivity contribution in [2.75, 3.05) is 13.9 Å². The van der Waals surface area contributed by atoms with Crippen LogP contribution in [-0.4, -0.2) is 29.0 Å². The van der Waals surface area contributed by atoms with E-state index in [1.807, 2.05) is 70.2 Å². The lowest BCUT2D eigenvalue weighted by molar-refractivity contribution is 0.173. The van der Waals surface area contributed by atoms with Gasteiger partial charge in [0.15, 0.2) is 11.5 Å². The number of benzene rings is 2. The maximum Gasteiger partial charge on any atom is 0.231 e. The SMILES string of the molecule is CC.CC.CO.c1cc(Cc2ncnc3ccccc23)c2c(c1)OCO2. The van der Waals surface area contributed by atoms with E-state index in [4.69, 9.17) is 14.6 Å². The van der Waals surface area contributed by atoms with E-state index < -0.39 is 0 Å². The van der Waals surface area contributed by atoms with Crippen LogP contribution in [0.4, 0.5) is 0 Å². The van der Waals surface area contributed by atoms with Crippen LogP contribution in [0.15, 0.2) is 48.8 Å². The fraction of sp³-hybridized carbons (Fsp3) is 0.333. The van der Waals surface area contributed by atoms with Crippen molar-refractivity contribution in [3.05, 3.63) is 60.0 Å². The van der Waals surface area contributed by atoms with E-state index in [-0.39, 0.29) is 6.79 Å². The Kier molecular flexibility index (Phi) is 9.72. The number of aliphatic hydroxyl groups is 1. The highest BCUT2D eigenvalue weighted by Crippen LogP contribution is 2.36. The van der Waals surface area contributed by atoms with Crippen molar-refractivity contribution in [3.8, 4) is 11.5 Å². The second-order valence-electron chi connectivity index (χ2n) is 4.67. The molecule has 3 aromatic rings. The van der Waals surface area contributed by atoms with E-state index in [2.05, 4.69) is 9.97 Å². The van der Waals surface area contributed by atoms with Gasteiger partial charge < -0.3 is 14.6 Å². The predicted molar refractivity (Wildman–Crippen MR) is 106 cm³/mol. The smallest absolute Gasteiger partial charge is 0.231 e. The second kappa shape index (κ2) is 11.8. The van der Waals surface area contributed by atoms with Crippen molar-refractivity contribution in [1.29, 1.82) is 0 Å². The molecule has 0 aliphatic carbocycles. The van der Waals surface area contributed by atoms with Gasteiger partial charge in [0.2, 0.25) is 6.79 Å². The lowest BCUT2D eigenvalue weighted by Gasteiger charge is -2.07. The molecule has 0 radical (unpaired) electrons. The van der Waals surface area contributed by atoms with Gasteiger partial charge in [0.05, 0.1) is 11.2 Å². The highest BCUT2D eigenvalue weighted by atomic mass is 16.7. The van der Waals surface area contributed by atoms with Gasteiger partial charge in [0.25, 0.3) is 0 Å². The minimum absolute atomic E-state index is 0.289. The number of para-hydroxylation sites is 2. The molecule has 5 nitrogen and oxygen atoms in total. The molecule has 1 aromatic heterocycles. The van der Waals surface area contributed by atoms with Crippen molar-refractivity contribution < 1.29 is 14.6 Å². The Bertz CT molecular complexity index is 786. The first-order chi connectivity index (χ1) is 12.9. The van der Waals surface area contributed by atoms with Crippen molar-refractivity contribution in [2.24, 2.45) is 0 Å². The first-order valence-electron chi connectivity index (χ1n) is 8.92. The minimum Gasteiger partial charge on any atom is -0.454 e. The van der Waals surface area contributed by atoms with Gasteiger partial charge in [-0.3, -0.25) is 0 Å². The molecule has 0 fully saturated rings. The molecule has 1 aliphatic heterocycles. The van der Waals surface area contributed by atoms with Gasteiger partial charge >= 0.3 is 0 Å². The first-order valence-corrected chi connectivity index (χ1v) is 8.92. The van der Waals surface area contributed by atoms with E-state index in [0.717, 1.165) is 40.8 Å². The zero-order valence-electron chi connectivity index (χ0n) is 16.2. The summed E-state index contributed by atoms with van der Waals surface area (Å²) in [5, 5.41) is 8.08. The standard InChI is InChI=1S/C16H12N2O2.2C2H6.CH4O/c1-2-6-13-12(5-1)14(18-9-17-13)8-11-4-3-7-15-16(11)20-10-19-15;3*1-2/h1-7,9H,8,10H2;2*1-2H3;2H,1H3. The van der Waals surface area contributed by atoms with Gasteiger partial charge in [-0.05, 0) is 12.1 Å². The van der Waals surface area contributed by atoms with Crippen LogP contribution in [0.2, 0.25) is 0 Å². The molecule has 2 heterocycles. The van der Waals surface area contributed by atoms with Gasteiger partial charge in [0.1, 0.15) is 6.33 Å². The Balaban J connectivity index is 0.000000515. The molecule has 0 unspecified atom stereocenters. The molecule has 0 amide bonds. The average Bonchev–Trinajstić information content (AvgIpc) is 3.23. The summed E-state index contributed by atoms with van der Waals surface area (Å²) in [6.07, 6.45) is 2.31. The third-order valence-corrected chi connectivity index (χ3v) is 3.46. The topological polar surface area (TPSA) is 64.5 Å². The summed E-state index contributed by atoms with van der Waals surface area (Å²) in [6, 6.07) is 14.0. The lowest BCUT2D eigenvalue weighted by Crippen LogP contribution is -1.98. The fourth-order valence-corrected chi connectivity index (χ4v) is 2.51. The summed E-state index contributed by atoms with van der Waals surface area (Å²) in [6.45, 7) is 8.29. The summed E-state index contributed by atoms with van der Waals surface area (Å²) in [4.78, 5) is 8.71. The predicted octanol–water partition coefficient (Wildman–Crippen LogP) is 4.61. The highest BCUT2D eigenvalue weighted by Gasteiger charge is 2.18. The highest BCUT2D eigenvalue weighted by molar-refractivity contribution is 5.80. The van der Waals surface area contributed by atoms with Gasteiger partial charge in [-0.1, -0.05) is 58.0 Å². The fourth-order valence-electron chi connectivity index (χ4n) is 2.51. The zero-order chi connectivity index (χ0) is 19.4. The van der Waals surface area contributed by atoms with Crippen LogP contribution in [0.5, 0.6) is 11.5 Å². The van der Waals surface area contributed by atoms with Gasteiger partial charge in [-0.25, -0.2) is 9.97 Å². The quantitative estimate of drug-likeness (QED) is 0.726. The number of hydrogen-bond acceptors (Lipinski definition) is 5. The molecule has 1 N–H and O–H groups in total. The van der Waals surface area contributed by atoms with Crippen LogP contribution < -0.4 is 9.47 Å². The average molecular weight is 356 g/mol. The Labute approximate surface area is 155 Å². The third-order valence-electron chi connectivity index (χ3n) is 3.46. The molecule has 0 bridgehead atoms. The van der Waals surface area contributed by atoms with Crippen molar-refractivity contribution in [3.63, 3.8) is 0 Å². The molecule has 5 heteroatoms.